The average Bonchev–Trinajstić information content (AvgIpc) is 3.32. The lowest BCUT2D eigenvalue weighted by molar-refractivity contribution is -0.131. The third-order valence-corrected chi connectivity index (χ3v) is 6.55. The molecule has 2 aromatic rings. The van der Waals surface area contributed by atoms with E-state index in [0.29, 0.717) is 24.5 Å². The second-order valence-corrected chi connectivity index (χ2v) is 8.40. The van der Waals surface area contributed by atoms with Crippen LogP contribution in [0.3, 0.4) is 0 Å². The Morgan fingerprint density at radius 2 is 1.82 bits per heavy atom. The van der Waals surface area contributed by atoms with Crippen molar-refractivity contribution in [3.63, 3.8) is 0 Å². The molecule has 1 saturated heterocycles. The van der Waals surface area contributed by atoms with Gasteiger partial charge in [0.15, 0.2) is 0 Å². The van der Waals surface area contributed by atoms with Crippen LogP contribution in [0.15, 0.2) is 29.1 Å². The number of carbonyl (C=O) groups is 1. The molecular weight excluding hydrogens is 376 g/mol. The van der Waals surface area contributed by atoms with Crippen LogP contribution in [-0.2, 0) is 18.3 Å². The smallest absolute Gasteiger partial charge is 0.342 e. The number of likely N-dealkylation sites (tertiary alicyclic amines) is 1. The Balaban J connectivity index is 1.43. The molecule has 1 aliphatic heterocycles. The highest BCUT2D eigenvalue weighted by atomic mass is 35.5. The quantitative estimate of drug-likeness (QED) is 0.788. The number of nitrogens with zero attached hydrogens (tertiary/aromatic N) is 4. The number of benzene rings is 1. The Morgan fingerprint density at radius 1 is 1.14 bits per heavy atom. The summed E-state index contributed by atoms with van der Waals surface area (Å²) in [5, 5.41) is 5.21. The lowest BCUT2D eigenvalue weighted by atomic mass is 9.95. The molecule has 0 atom stereocenters. The van der Waals surface area contributed by atoms with Gasteiger partial charge in [0.25, 0.3) is 0 Å². The molecule has 1 aliphatic carbocycles. The third kappa shape index (κ3) is 3.75. The van der Waals surface area contributed by atoms with Gasteiger partial charge in [-0.1, -0.05) is 42.6 Å². The Kier molecular flexibility index (Phi) is 5.58. The number of hydrogen-bond donors (Lipinski definition) is 0. The fourth-order valence-electron chi connectivity index (χ4n) is 4.59. The maximum absolute atomic E-state index is 12.7. The summed E-state index contributed by atoms with van der Waals surface area (Å²) >= 11 is 6.19. The summed E-state index contributed by atoms with van der Waals surface area (Å²) in [5.41, 5.74) is 0.871. The van der Waals surface area contributed by atoms with Crippen molar-refractivity contribution >= 4 is 17.5 Å². The van der Waals surface area contributed by atoms with E-state index in [4.69, 9.17) is 11.6 Å². The van der Waals surface area contributed by atoms with Gasteiger partial charge >= 0.3 is 5.69 Å². The molecule has 6 nitrogen and oxygen atoms in total. The standard InChI is InChI=1S/C21H27ClN4O2/c1-24-21(28)26(17-7-3-4-8-17)20(23-24)15-10-12-25(13-11-15)19(27)14-16-6-2-5-9-18(16)22/h2,5-6,9,15,17H,3-4,7-8,10-14H2,1H3. The van der Waals surface area contributed by atoms with E-state index in [9.17, 15) is 9.59 Å². The van der Waals surface area contributed by atoms with E-state index in [1.54, 1.807) is 7.05 Å². The van der Waals surface area contributed by atoms with Crippen molar-refractivity contribution in [2.45, 2.75) is 56.9 Å². The van der Waals surface area contributed by atoms with Gasteiger partial charge in [-0.25, -0.2) is 9.48 Å². The van der Waals surface area contributed by atoms with Crippen molar-refractivity contribution in [2.75, 3.05) is 13.1 Å². The van der Waals surface area contributed by atoms with E-state index < -0.39 is 0 Å². The summed E-state index contributed by atoms with van der Waals surface area (Å²) in [6, 6.07) is 7.79. The fraction of sp³-hybridized carbons (Fsp3) is 0.571. The number of amides is 1. The Hall–Kier alpha value is -2.08. The van der Waals surface area contributed by atoms with Crippen molar-refractivity contribution in [3.8, 4) is 0 Å². The van der Waals surface area contributed by atoms with Gasteiger partial charge in [0, 0.05) is 37.1 Å². The van der Waals surface area contributed by atoms with Crippen molar-refractivity contribution in [3.05, 3.63) is 51.2 Å². The summed E-state index contributed by atoms with van der Waals surface area (Å²) in [6.07, 6.45) is 6.51. The molecule has 28 heavy (non-hydrogen) atoms. The maximum Gasteiger partial charge on any atom is 0.345 e. The molecule has 1 amide bonds. The molecule has 4 rings (SSSR count). The minimum atomic E-state index is -0.000810. The number of piperidine rings is 1. The molecule has 2 aliphatic rings. The molecule has 0 spiro atoms. The number of aromatic nitrogens is 3. The molecule has 2 fully saturated rings. The highest BCUT2D eigenvalue weighted by Gasteiger charge is 2.31. The number of rotatable bonds is 4. The third-order valence-electron chi connectivity index (χ3n) is 6.18. The van der Waals surface area contributed by atoms with Gasteiger partial charge in [-0.3, -0.25) is 9.36 Å². The number of aryl methyl sites for hydroxylation is 1. The van der Waals surface area contributed by atoms with E-state index in [1.165, 1.54) is 17.5 Å². The predicted molar refractivity (Wildman–Crippen MR) is 109 cm³/mol. The average molecular weight is 403 g/mol. The molecule has 1 aromatic carbocycles. The van der Waals surface area contributed by atoms with Crippen LogP contribution >= 0.6 is 11.6 Å². The first-order chi connectivity index (χ1) is 13.5. The lowest BCUT2D eigenvalue weighted by Crippen LogP contribution is -2.39. The van der Waals surface area contributed by atoms with Gasteiger partial charge in [-0.15, -0.1) is 0 Å². The van der Waals surface area contributed by atoms with Crippen LogP contribution in [0.25, 0.3) is 0 Å². The van der Waals surface area contributed by atoms with Crippen molar-refractivity contribution < 1.29 is 4.79 Å². The van der Waals surface area contributed by atoms with Crippen LogP contribution in [-0.4, -0.2) is 38.2 Å². The molecule has 150 valence electrons. The number of halogens is 1. The van der Waals surface area contributed by atoms with E-state index >= 15 is 0 Å². The molecule has 1 aromatic heterocycles. The number of carbonyl (C=O) groups excluding carboxylic acids is 1. The maximum atomic E-state index is 12.7. The summed E-state index contributed by atoms with van der Waals surface area (Å²) in [4.78, 5) is 27.2. The fourth-order valence-corrected chi connectivity index (χ4v) is 4.79. The Morgan fingerprint density at radius 3 is 2.50 bits per heavy atom. The Bertz CT molecular complexity index is 905. The zero-order valence-electron chi connectivity index (χ0n) is 16.3. The molecule has 0 unspecified atom stereocenters. The minimum absolute atomic E-state index is 0.000810. The van der Waals surface area contributed by atoms with Crippen LogP contribution < -0.4 is 5.69 Å². The molecule has 0 radical (unpaired) electrons. The second-order valence-electron chi connectivity index (χ2n) is 8.00. The second kappa shape index (κ2) is 8.11. The monoisotopic (exact) mass is 402 g/mol. The summed E-state index contributed by atoms with van der Waals surface area (Å²) in [5.74, 6) is 1.26. The SMILES string of the molecule is Cn1nc(C2CCN(C(=O)Cc3ccccc3Cl)CC2)n(C2CCCC2)c1=O. The summed E-state index contributed by atoms with van der Waals surface area (Å²) in [6.45, 7) is 1.40. The predicted octanol–water partition coefficient (Wildman–Crippen LogP) is 3.30. The van der Waals surface area contributed by atoms with Gasteiger partial charge in [0.05, 0.1) is 6.42 Å². The molecule has 2 heterocycles. The molecular formula is C21H27ClN4O2. The molecule has 0 bridgehead atoms. The van der Waals surface area contributed by atoms with Gasteiger partial charge in [0.1, 0.15) is 5.82 Å². The van der Waals surface area contributed by atoms with Crippen molar-refractivity contribution in [1.82, 2.24) is 19.2 Å². The highest BCUT2D eigenvalue weighted by molar-refractivity contribution is 6.31. The largest absolute Gasteiger partial charge is 0.345 e. The van der Waals surface area contributed by atoms with Gasteiger partial charge in [-0.05, 0) is 37.3 Å². The first-order valence-corrected chi connectivity index (χ1v) is 10.6. The molecule has 1 saturated carbocycles. The molecule has 7 heteroatoms. The first-order valence-electron chi connectivity index (χ1n) is 10.2. The van der Waals surface area contributed by atoms with Crippen molar-refractivity contribution in [1.29, 1.82) is 0 Å². The van der Waals surface area contributed by atoms with Crippen LogP contribution in [0.4, 0.5) is 0 Å². The zero-order valence-corrected chi connectivity index (χ0v) is 17.1. The number of hydrogen-bond acceptors (Lipinski definition) is 3. The van der Waals surface area contributed by atoms with Crippen molar-refractivity contribution in [2.24, 2.45) is 7.05 Å². The van der Waals surface area contributed by atoms with Gasteiger partial charge in [0.2, 0.25) is 5.91 Å². The normalized spacial score (nSPS) is 18.7. The van der Waals surface area contributed by atoms with Crippen LogP contribution in [0.1, 0.15) is 61.9 Å². The first kappa shape index (κ1) is 19.2. The van der Waals surface area contributed by atoms with E-state index in [0.717, 1.165) is 37.1 Å². The minimum Gasteiger partial charge on any atom is -0.342 e. The summed E-state index contributed by atoms with van der Waals surface area (Å²) in [7, 11) is 1.74. The van der Waals surface area contributed by atoms with E-state index in [1.807, 2.05) is 33.7 Å². The van der Waals surface area contributed by atoms with E-state index in [2.05, 4.69) is 5.10 Å². The van der Waals surface area contributed by atoms with Gasteiger partial charge < -0.3 is 4.90 Å². The summed E-state index contributed by atoms with van der Waals surface area (Å²) < 4.78 is 3.42. The van der Waals surface area contributed by atoms with E-state index in [-0.39, 0.29) is 23.6 Å². The highest BCUT2D eigenvalue weighted by Crippen LogP contribution is 2.33. The molecule has 0 N–H and O–H groups in total. The van der Waals surface area contributed by atoms with Gasteiger partial charge in [-0.2, -0.15) is 5.10 Å². The lowest BCUT2D eigenvalue weighted by Gasteiger charge is -2.32. The zero-order chi connectivity index (χ0) is 19.7. The Labute approximate surface area is 170 Å². The van der Waals surface area contributed by atoms with Crippen LogP contribution in [0, 0.1) is 0 Å². The van der Waals surface area contributed by atoms with Crippen LogP contribution in [0.2, 0.25) is 5.02 Å². The topological polar surface area (TPSA) is 60.1 Å². The van der Waals surface area contributed by atoms with Crippen LogP contribution in [0.5, 0.6) is 0 Å².